The number of oxazole rings is 1. The minimum absolute atomic E-state index is 0.146. The predicted molar refractivity (Wildman–Crippen MR) is 46.3 cm³/mol. The first-order valence-electron chi connectivity index (χ1n) is 3.95. The third-order valence-corrected chi connectivity index (χ3v) is 1.92. The van der Waals surface area contributed by atoms with Crippen LogP contribution < -0.4 is 5.76 Å². The van der Waals surface area contributed by atoms with E-state index in [2.05, 4.69) is 9.40 Å². The number of rotatable bonds is 1. The first kappa shape index (κ1) is 9.40. The van der Waals surface area contributed by atoms with Crippen LogP contribution in [-0.2, 0) is 5.92 Å². The summed E-state index contributed by atoms with van der Waals surface area (Å²) in [6, 6.07) is 4.15. The molecule has 0 saturated carbocycles. The van der Waals surface area contributed by atoms with E-state index in [1.807, 2.05) is 0 Å². The maximum Gasteiger partial charge on any atom is 0.417 e. The van der Waals surface area contributed by atoms with E-state index in [1.54, 1.807) is 0 Å². The van der Waals surface area contributed by atoms with Crippen LogP contribution in [0.5, 0.6) is 0 Å². The average Bonchev–Trinajstić information content (AvgIpc) is 2.56. The molecular formula is C9H4F2N2O2. The lowest BCUT2D eigenvalue weighted by Gasteiger charge is -2.06. The Hall–Kier alpha value is -2.16. The number of hydrogen-bond donors (Lipinski definition) is 1. The van der Waals surface area contributed by atoms with Crippen molar-refractivity contribution in [2.45, 2.75) is 5.92 Å². The highest BCUT2D eigenvalue weighted by Gasteiger charge is 2.31. The molecule has 0 unspecified atom stereocenters. The fourth-order valence-electron chi connectivity index (χ4n) is 1.21. The molecule has 1 heterocycles. The number of nitrogens with zero attached hydrogens (tertiary/aromatic N) is 1. The Kier molecular flexibility index (Phi) is 1.83. The van der Waals surface area contributed by atoms with Crippen LogP contribution in [0, 0.1) is 11.3 Å². The van der Waals surface area contributed by atoms with Gasteiger partial charge in [0.25, 0.3) is 0 Å². The normalized spacial score (nSPS) is 11.5. The molecule has 0 radical (unpaired) electrons. The summed E-state index contributed by atoms with van der Waals surface area (Å²) in [5.41, 5.74) is -0.153. The van der Waals surface area contributed by atoms with E-state index in [-0.39, 0.29) is 11.1 Å². The summed E-state index contributed by atoms with van der Waals surface area (Å²) >= 11 is 0. The highest BCUT2D eigenvalue weighted by Crippen LogP contribution is 2.28. The molecule has 0 bridgehead atoms. The van der Waals surface area contributed by atoms with Crippen LogP contribution in [0.1, 0.15) is 5.56 Å². The SMILES string of the molecule is N#CC(F)(F)c1ccc2oc(=O)[nH]c2c1. The van der Waals surface area contributed by atoms with Gasteiger partial charge in [-0.1, -0.05) is 0 Å². The monoisotopic (exact) mass is 210 g/mol. The number of nitrogens with one attached hydrogen (secondary N) is 1. The highest BCUT2D eigenvalue weighted by molar-refractivity contribution is 5.73. The van der Waals surface area contributed by atoms with Crippen LogP contribution in [0.2, 0.25) is 0 Å². The first-order valence-corrected chi connectivity index (χ1v) is 3.95. The van der Waals surface area contributed by atoms with Crippen molar-refractivity contribution in [3.63, 3.8) is 0 Å². The van der Waals surface area contributed by atoms with Crippen LogP contribution in [0.15, 0.2) is 27.4 Å². The minimum atomic E-state index is -3.57. The van der Waals surface area contributed by atoms with Gasteiger partial charge in [-0.3, -0.25) is 4.98 Å². The van der Waals surface area contributed by atoms with Gasteiger partial charge < -0.3 is 4.42 Å². The molecule has 0 saturated heterocycles. The van der Waals surface area contributed by atoms with Crippen molar-refractivity contribution in [3.8, 4) is 6.07 Å². The quantitative estimate of drug-likeness (QED) is 0.779. The van der Waals surface area contributed by atoms with Crippen LogP contribution in [0.4, 0.5) is 8.78 Å². The van der Waals surface area contributed by atoms with Gasteiger partial charge in [0.2, 0.25) is 0 Å². The maximum absolute atomic E-state index is 12.9. The summed E-state index contributed by atoms with van der Waals surface area (Å²) in [7, 11) is 0. The lowest BCUT2D eigenvalue weighted by molar-refractivity contribution is 0.0614. The van der Waals surface area contributed by atoms with Gasteiger partial charge in [-0.05, 0) is 18.2 Å². The van der Waals surface area contributed by atoms with Crippen LogP contribution in [0.3, 0.4) is 0 Å². The van der Waals surface area contributed by atoms with E-state index < -0.39 is 17.2 Å². The predicted octanol–water partition coefficient (Wildman–Crippen LogP) is 1.74. The first-order chi connectivity index (χ1) is 7.03. The van der Waals surface area contributed by atoms with Crippen LogP contribution >= 0.6 is 0 Å². The van der Waals surface area contributed by atoms with E-state index in [0.717, 1.165) is 18.2 Å². The number of fused-ring (bicyclic) bond motifs is 1. The molecule has 1 aromatic carbocycles. The van der Waals surface area contributed by atoms with Gasteiger partial charge in [0.1, 0.15) is 6.07 Å². The molecule has 6 heteroatoms. The molecule has 0 atom stereocenters. The Labute approximate surface area is 81.7 Å². The van der Waals surface area contributed by atoms with Gasteiger partial charge in [-0.2, -0.15) is 14.0 Å². The standard InChI is InChI=1S/C9H4F2N2O2/c10-9(11,4-12)5-1-2-7-6(3-5)13-8(14)15-7/h1-3H,(H,13,14). The fourth-order valence-corrected chi connectivity index (χ4v) is 1.21. The summed E-state index contributed by atoms with van der Waals surface area (Å²) in [5, 5.41) is 8.23. The van der Waals surface area contributed by atoms with E-state index >= 15 is 0 Å². The maximum atomic E-state index is 12.9. The lowest BCUT2D eigenvalue weighted by atomic mass is 10.1. The Bertz CT molecular complexity index is 606. The fraction of sp³-hybridized carbons (Fsp3) is 0.111. The van der Waals surface area contributed by atoms with Gasteiger partial charge in [-0.15, -0.1) is 0 Å². The van der Waals surface area contributed by atoms with E-state index in [4.69, 9.17) is 5.26 Å². The molecule has 1 aromatic heterocycles. The average molecular weight is 210 g/mol. The van der Waals surface area contributed by atoms with Gasteiger partial charge in [-0.25, -0.2) is 4.79 Å². The topological polar surface area (TPSA) is 69.8 Å². The summed E-state index contributed by atoms with van der Waals surface area (Å²) in [6.45, 7) is 0. The smallest absolute Gasteiger partial charge is 0.408 e. The second-order valence-electron chi connectivity index (χ2n) is 2.91. The van der Waals surface area contributed by atoms with E-state index in [1.165, 1.54) is 6.07 Å². The Balaban J connectivity index is 2.67. The van der Waals surface area contributed by atoms with Gasteiger partial charge in [0, 0.05) is 5.56 Å². The molecule has 0 aliphatic rings. The highest BCUT2D eigenvalue weighted by atomic mass is 19.3. The number of aromatic amines is 1. The number of alkyl halides is 2. The van der Waals surface area contributed by atoms with Gasteiger partial charge in [0.05, 0.1) is 5.52 Å². The molecule has 2 rings (SSSR count). The Morgan fingerprint density at radius 1 is 1.47 bits per heavy atom. The third kappa shape index (κ3) is 1.48. The molecule has 0 fully saturated rings. The van der Waals surface area contributed by atoms with Crippen molar-refractivity contribution in [3.05, 3.63) is 34.3 Å². The zero-order valence-corrected chi connectivity index (χ0v) is 7.25. The molecule has 15 heavy (non-hydrogen) atoms. The van der Waals surface area contributed by atoms with Gasteiger partial charge in [0.15, 0.2) is 5.58 Å². The van der Waals surface area contributed by atoms with Crippen molar-refractivity contribution in [1.82, 2.24) is 4.98 Å². The molecular weight excluding hydrogens is 206 g/mol. The largest absolute Gasteiger partial charge is 0.417 e. The summed E-state index contributed by atoms with van der Waals surface area (Å²) in [5.74, 6) is -4.29. The second-order valence-corrected chi connectivity index (χ2v) is 2.91. The third-order valence-electron chi connectivity index (χ3n) is 1.92. The number of hydrogen-bond acceptors (Lipinski definition) is 3. The van der Waals surface area contributed by atoms with Crippen molar-refractivity contribution < 1.29 is 13.2 Å². The Morgan fingerprint density at radius 3 is 2.87 bits per heavy atom. The van der Waals surface area contributed by atoms with Gasteiger partial charge >= 0.3 is 11.7 Å². The molecule has 4 nitrogen and oxygen atoms in total. The summed E-state index contributed by atoms with van der Waals surface area (Å²) < 4.78 is 30.5. The van der Waals surface area contributed by atoms with E-state index in [9.17, 15) is 13.6 Å². The number of H-pyrrole nitrogens is 1. The van der Waals surface area contributed by atoms with Crippen molar-refractivity contribution >= 4 is 11.1 Å². The summed E-state index contributed by atoms with van der Waals surface area (Å²) in [6.07, 6.45) is 0. The number of halogens is 2. The molecule has 0 amide bonds. The molecule has 2 aromatic rings. The van der Waals surface area contributed by atoms with E-state index in [0.29, 0.717) is 0 Å². The number of benzene rings is 1. The zero-order chi connectivity index (χ0) is 11.1. The molecule has 0 aliphatic heterocycles. The molecule has 0 spiro atoms. The lowest BCUT2D eigenvalue weighted by Crippen LogP contribution is -2.09. The number of aromatic nitrogens is 1. The Morgan fingerprint density at radius 2 is 2.20 bits per heavy atom. The zero-order valence-electron chi connectivity index (χ0n) is 7.25. The van der Waals surface area contributed by atoms with Crippen molar-refractivity contribution in [2.75, 3.05) is 0 Å². The van der Waals surface area contributed by atoms with Crippen molar-refractivity contribution in [1.29, 1.82) is 5.26 Å². The minimum Gasteiger partial charge on any atom is -0.408 e. The number of nitriles is 1. The van der Waals surface area contributed by atoms with Crippen LogP contribution in [0.25, 0.3) is 11.1 Å². The van der Waals surface area contributed by atoms with Crippen molar-refractivity contribution in [2.24, 2.45) is 0 Å². The molecule has 0 aliphatic carbocycles. The second kappa shape index (κ2) is 2.92. The molecule has 1 N–H and O–H groups in total. The van der Waals surface area contributed by atoms with Crippen LogP contribution in [-0.4, -0.2) is 4.98 Å². The molecule has 76 valence electrons. The summed E-state index contributed by atoms with van der Waals surface area (Å²) in [4.78, 5) is 13.0.